The maximum absolute atomic E-state index is 11.7. The lowest BCUT2D eigenvalue weighted by Crippen LogP contribution is -2.26. The number of amides is 1. The van der Waals surface area contributed by atoms with Crippen LogP contribution in [-0.2, 0) is 4.79 Å². The van der Waals surface area contributed by atoms with Crippen molar-refractivity contribution in [2.24, 2.45) is 5.92 Å². The van der Waals surface area contributed by atoms with Crippen molar-refractivity contribution in [2.45, 2.75) is 6.42 Å². The summed E-state index contributed by atoms with van der Waals surface area (Å²) in [5, 5.41) is 0. The summed E-state index contributed by atoms with van der Waals surface area (Å²) in [5.74, 6) is 1.68. The van der Waals surface area contributed by atoms with Crippen molar-refractivity contribution in [3.8, 4) is 0 Å². The maximum Gasteiger partial charge on any atom is 0.228 e. The van der Waals surface area contributed by atoms with Crippen LogP contribution < -0.4 is 10.6 Å². The minimum atomic E-state index is 0.0828. The van der Waals surface area contributed by atoms with Gasteiger partial charge in [0, 0.05) is 19.2 Å². The van der Waals surface area contributed by atoms with Gasteiger partial charge in [-0.15, -0.1) is 0 Å². The van der Waals surface area contributed by atoms with Crippen LogP contribution in [0.2, 0.25) is 0 Å². The van der Waals surface area contributed by atoms with Crippen LogP contribution in [0.5, 0.6) is 0 Å². The molecule has 1 fully saturated rings. The number of hydrogen-bond donors (Lipinski definition) is 2. The highest BCUT2D eigenvalue weighted by atomic mass is 32.1. The van der Waals surface area contributed by atoms with Gasteiger partial charge in [-0.3, -0.25) is 9.69 Å². The summed E-state index contributed by atoms with van der Waals surface area (Å²) in [6, 6.07) is 3.51. The molecular formula is C10H13N3OS. The summed E-state index contributed by atoms with van der Waals surface area (Å²) in [6.07, 6.45) is 2.19. The van der Waals surface area contributed by atoms with Crippen LogP contribution in [0.25, 0.3) is 0 Å². The zero-order chi connectivity index (χ0) is 10.8. The van der Waals surface area contributed by atoms with Gasteiger partial charge in [-0.1, -0.05) is 0 Å². The Balaban J connectivity index is 2.25. The molecule has 2 heterocycles. The first kappa shape index (κ1) is 10.3. The van der Waals surface area contributed by atoms with E-state index in [9.17, 15) is 4.79 Å². The van der Waals surface area contributed by atoms with Gasteiger partial charge in [0.25, 0.3) is 0 Å². The first-order valence-electron chi connectivity index (χ1n) is 4.84. The fraction of sp³-hybridized carbons (Fsp3) is 0.400. The van der Waals surface area contributed by atoms with Crippen LogP contribution in [0.1, 0.15) is 6.42 Å². The number of thiol groups is 1. The van der Waals surface area contributed by atoms with Crippen molar-refractivity contribution in [3.05, 3.63) is 18.3 Å². The number of carbonyl (C=O) groups is 1. The van der Waals surface area contributed by atoms with Crippen LogP contribution in [0.15, 0.2) is 18.3 Å². The summed E-state index contributed by atoms with van der Waals surface area (Å²) >= 11 is 4.20. The Kier molecular flexibility index (Phi) is 2.81. The monoisotopic (exact) mass is 223 g/mol. The zero-order valence-electron chi connectivity index (χ0n) is 8.26. The van der Waals surface area contributed by atoms with E-state index < -0.39 is 0 Å². The predicted octanol–water partition coefficient (Wildman–Crippen LogP) is 0.946. The van der Waals surface area contributed by atoms with Gasteiger partial charge in [0.1, 0.15) is 0 Å². The van der Waals surface area contributed by atoms with Crippen LogP contribution in [0, 0.1) is 5.92 Å². The first-order chi connectivity index (χ1) is 7.22. The molecular weight excluding hydrogens is 210 g/mol. The van der Waals surface area contributed by atoms with Crippen molar-refractivity contribution >= 4 is 30.0 Å². The molecule has 0 bridgehead atoms. The predicted molar refractivity (Wildman–Crippen MR) is 63.0 cm³/mol. The standard InChI is InChI=1S/C10H13N3OS/c11-8-2-1-3-12-10(8)13-5-7(6-15)4-9(13)14/h1-3,7,15H,4-6,11H2. The summed E-state index contributed by atoms with van der Waals surface area (Å²) in [4.78, 5) is 17.5. The van der Waals surface area contributed by atoms with Crippen molar-refractivity contribution < 1.29 is 4.79 Å². The second-order valence-corrected chi connectivity index (χ2v) is 4.04. The summed E-state index contributed by atoms with van der Waals surface area (Å²) in [7, 11) is 0. The lowest BCUT2D eigenvalue weighted by atomic mass is 10.1. The largest absolute Gasteiger partial charge is 0.396 e. The lowest BCUT2D eigenvalue weighted by molar-refractivity contribution is -0.117. The van der Waals surface area contributed by atoms with E-state index in [1.165, 1.54) is 0 Å². The Labute approximate surface area is 93.9 Å². The molecule has 0 aliphatic carbocycles. The van der Waals surface area contributed by atoms with Crippen molar-refractivity contribution in [2.75, 3.05) is 22.9 Å². The fourth-order valence-corrected chi connectivity index (χ4v) is 1.99. The number of anilines is 2. The van der Waals surface area contributed by atoms with E-state index in [1.54, 1.807) is 23.2 Å². The van der Waals surface area contributed by atoms with Gasteiger partial charge in [-0.25, -0.2) is 4.98 Å². The topological polar surface area (TPSA) is 59.2 Å². The number of aromatic nitrogens is 1. The number of nitrogens with zero attached hydrogens (tertiary/aromatic N) is 2. The normalized spacial score (nSPS) is 21.0. The van der Waals surface area contributed by atoms with Gasteiger partial charge in [0.2, 0.25) is 5.91 Å². The second-order valence-electron chi connectivity index (χ2n) is 3.67. The van der Waals surface area contributed by atoms with Crippen LogP contribution in [-0.4, -0.2) is 23.2 Å². The number of nitrogen functional groups attached to an aromatic ring is 1. The molecule has 2 N–H and O–H groups in total. The summed E-state index contributed by atoms with van der Waals surface area (Å²) in [5.41, 5.74) is 6.32. The molecule has 1 aromatic heterocycles. The van der Waals surface area contributed by atoms with Crippen molar-refractivity contribution in [1.82, 2.24) is 4.98 Å². The molecule has 0 spiro atoms. The SMILES string of the molecule is Nc1cccnc1N1CC(CS)CC1=O. The van der Waals surface area contributed by atoms with E-state index in [-0.39, 0.29) is 5.91 Å². The van der Waals surface area contributed by atoms with Gasteiger partial charge >= 0.3 is 0 Å². The highest BCUT2D eigenvalue weighted by molar-refractivity contribution is 7.80. The molecule has 1 unspecified atom stereocenters. The van der Waals surface area contributed by atoms with Gasteiger partial charge in [0.05, 0.1) is 5.69 Å². The summed E-state index contributed by atoms with van der Waals surface area (Å²) < 4.78 is 0. The molecule has 80 valence electrons. The second kappa shape index (κ2) is 4.10. The minimum absolute atomic E-state index is 0.0828. The van der Waals surface area contributed by atoms with Gasteiger partial charge in [-0.2, -0.15) is 12.6 Å². The van der Waals surface area contributed by atoms with Crippen LogP contribution >= 0.6 is 12.6 Å². The van der Waals surface area contributed by atoms with Crippen molar-refractivity contribution in [3.63, 3.8) is 0 Å². The molecule has 1 atom stereocenters. The third-order valence-electron chi connectivity index (χ3n) is 2.54. The van der Waals surface area contributed by atoms with E-state index in [4.69, 9.17) is 5.73 Å². The Bertz CT molecular complexity index is 383. The average Bonchev–Trinajstić information content (AvgIpc) is 2.60. The number of nitrogens with two attached hydrogens (primary N) is 1. The molecule has 1 aliphatic heterocycles. The highest BCUT2D eigenvalue weighted by Crippen LogP contribution is 2.27. The van der Waals surface area contributed by atoms with E-state index >= 15 is 0 Å². The third-order valence-corrected chi connectivity index (χ3v) is 3.05. The van der Waals surface area contributed by atoms with E-state index in [2.05, 4.69) is 17.6 Å². The van der Waals surface area contributed by atoms with E-state index in [0.29, 0.717) is 30.4 Å². The summed E-state index contributed by atoms with van der Waals surface area (Å²) in [6.45, 7) is 0.670. The molecule has 1 aliphatic rings. The average molecular weight is 223 g/mol. The quantitative estimate of drug-likeness (QED) is 0.734. The molecule has 1 aromatic rings. The van der Waals surface area contributed by atoms with Crippen LogP contribution in [0.4, 0.5) is 11.5 Å². The first-order valence-corrected chi connectivity index (χ1v) is 5.47. The third kappa shape index (κ3) is 1.92. The molecule has 0 aromatic carbocycles. The lowest BCUT2D eigenvalue weighted by Gasteiger charge is -2.16. The van der Waals surface area contributed by atoms with Gasteiger partial charge in [0.15, 0.2) is 5.82 Å². The number of rotatable bonds is 2. The highest BCUT2D eigenvalue weighted by Gasteiger charge is 2.31. The minimum Gasteiger partial charge on any atom is -0.396 e. The van der Waals surface area contributed by atoms with E-state index in [1.807, 2.05) is 0 Å². The van der Waals surface area contributed by atoms with Crippen molar-refractivity contribution in [1.29, 1.82) is 0 Å². The number of hydrogen-bond acceptors (Lipinski definition) is 4. The van der Waals surface area contributed by atoms with Gasteiger partial charge < -0.3 is 5.73 Å². The molecule has 0 radical (unpaired) electrons. The Morgan fingerprint density at radius 2 is 2.47 bits per heavy atom. The molecule has 5 heteroatoms. The molecule has 4 nitrogen and oxygen atoms in total. The smallest absolute Gasteiger partial charge is 0.228 e. The number of carbonyl (C=O) groups excluding carboxylic acids is 1. The maximum atomic E-state index is 11.7. The fourth-order valence-electron chi connectivity index (χ4n) is 1.74. The molecule has 1 saturated heterocycles. The Morgan fingerprint density at radius 1 is 1.67 bits per heavy atom. The number of pyridine rings is 1. The molecule has 2 rings (SSSR count). The van der Waals surface area contributed by atoms with Crippen LogP contribution in [0.3, 0.4) is 0 Å². The van der Waals surface area contributed by atoms with Gasteiger partial charge in [-0.05, 0) is 23.8 Å². The molecule has 0 saturated carbocycles. The molecule has 15 heavy (non-hydrogen) atoms. The van der Waals surface area contributed by atoms with E-state index in [0.717, 1.165) is 5.75 Å². The zero-order valence-corrected chi connectivity index (χ0v) is 9.15. The Hall–Kier alpha value is -1.23. The molecule has 1 amide bonds. The Morgan fingerprint density at radius 3 is 3.07 bits per heavy atom.